The van der Waals surface area contributed by atoms with Gasteiger partial charge in [-0.2, -0.15) is 4.99 Å². The van der Waals surface area contributed by atoms with Crippen molar-refractivity contribution in [3.05, 3.63) is 35.9 Å². The monoisotopic (exact) mass is 366 g/mol. The van der Waals surface area contributed by atoms with Crippen molar-refractivity contribution in [1.82, 2.24) is 4.90 Å². The lowest BCUT2D eigenvalue weighted by Crippen LogP contribution is -2.39. The summed E-state index contributed by atoms with van der Waals surface area (Å²) in [5.41, 5.74) is 1.10. The van der Waals surface area contributed by atoms with Gasteiger partial charge in [0.1, 0.15) is 0 Å². The highest BCUT2D eigenvalue weighted by Gasteiger charge is 2.50. The number of hydrogen-bond acceptors (Lipinski definition) is 4. The van der Waals surface area contributed by atoms with Gasteiger partial charge in [0.05, 0.1) is 23.6 Å². The first-order valence-electron chi connectivity index (χ1n) is 8.23. The Labute approximate surface area is 147 Å². The lowest BCUT2D eigenvalue weighted by molar-refractivity contribution is -0.117. The molecule has 2 fully saturated rings. The molecule has 2 heterocycles. The third kappa shape index (κ3) is 3.52. The number of thioether (sulfide) groups is 1. The molecule has 0 saturated carbocycles. The smallest absolute Gasteiger partial charge is 0.248 e. The van der Waals surface area contributed by atoms with E-state index in [1.165, 1.54) is 11.8 Å². The van der Waals surface area contributed by atoms with Crippen molar-refractivity contribution in [2.75, 3.05) is 11.5 Å². The quantitative estimate of drug-likeness (QED) is 0.819. The molecule has 24 heavy (non-hydrogen) atoms. The molecule has 0 radical (unpaired) electrons. The van der Waals surface area contributed by atoms with Gasteiger partial charge in [-0.3, -0.25) is 4.79 Å². The number of carbonyl (C=O) groups is 1. The molecule has 0 unspecified atom stereocenters. The van der Waals surface area contributed by atoms with E-state index < -0.39 is 9.84 Å². The Bertz CT molecular complexity index is 746. The fraction of sp³-hybridized carbons (Fsp3) is 0.529. The number of fused-ring (bicyclic) bond motifs is 1. The molecule has 7 heteroatoms. The number of rotatable bonds is 4. The van der Waals surface area contributed by atoms with Crippen LogP contribution in [0.2, 0.25) is 0 Å². The molecular weight excluding hydrogens is 344 g/mol. The van der Waals surface area contributed by atoms with Crippen LogP contribution in [-0.2, 0) is 14.6 Å². The minimum atomic E-state index is -3.02. The Morgan fingerprint density at radius 3 is 2.71 bits per heavy atom. The van der Waals surface area contributed by atoms with Gasteiger partial charge in [0.25, 0.3) is 0 Å². The molecule has 1 amide bonds. The number of hydrogen-bond donors (Lipinski definition) is 0. The highest BCUT2D eigenvalue weighted by atomic mass is 32.2. The Morgan fingerprint density at radius 1 is 1.33 bits per heavy atom. The molecular formula is C17H22N2O3S2. The molecule has 1 aromatic carbocycles. The topological polar surface area (TPSA) is 66.8 Å². The minimum absolute atomic E-state index is 0.0184. The maximum atomic E-state index is 12.0. The zero-order chi connectivity index (χ0) is 17.3. The number of sulfone groups is 1. The van der Waals surface area contributed by atoms with Crippen molar-refractivity contribution in [2.24, 2.45) is 4.99 Å². The number of amidine groups is 1. The molecule has 2 aliphatic heterocycles. The van der Waals surface area contributed by atoms with Crippen LogP contribution in [0.3, 0.4) is 0 Å². The molecule has 0 bridgehead atoms. The molecule has 3 rings (SSSR count). The zero-order valence-corrected chi connectivity index (χ0v) is 15.5. The standard InChI is InChI=1S/C17H22N2O3S2/c1-3-7-16(20)18-17-19(12(2)13-8-5-4-6-9-13)14-10-24(21,22)11-15(14)23-17/h4-6,8-9,12,14-15H,3,7,10-11H2,1-2H3/t12-,14+,15-/m1/s1. The van der Waals surface area contributed by atoms with Crippen LogP contribution in [0.25, 0.3) is 0 Å². The molecule has 0 aromatic heterocycles. The first kappa shape index (κ1) is 17.5. The van der Waals surface area contributed by atoms with Crippen LogP contribution in [0.1, 0.15) is 38.3 Å². The van der Waals surface area contributed by atoms with E-state index in [-0.39, 0.29) is 34.7 Å². The van der Waals surface area contributed by atoms with Crippen LogP contribution < -0.4 is 0 Å². The van der Waals surface area contributed by atoms with Crippen LogP contribution in [0, 0.1) is 0 Å². The van der Waals surface area contributed by atoms with Gasteiger partial charge in [-0.1, -0.05) is 49.0 Å². The maximum absolute atomic E-state index is 12.0. The first-order valence-corrected chi connectivity index (χ1v) is 10.9. The number of amides is 1. The van der Waals surface area contributed by atoms with Crippen molar-refractivity contribution in [1.29, 1.82) is 0 Å². The number of nitrogens with zero attached hydrogens (tertiary/aromatic N) is 2. The number of carbonyl (C=O) groups excluding carboxylic acids is 1. The minimum Gasteiger partial charge on any atom is -0.339 e. The summed E-state index contributed by atoms with van der Waals surface area (Å²) in [4.78, 5) is 18.3. The number of aliphatic imine (C=N–C) groups is 1. The van der Waals surface area contributed by atoms with Crippen molar-refractivity contribution in [3.63, 3.8) is 0 Å². The van der Waals surface area contributed by atoms with E-state index in [4.69, 9.17) is 0 Å². The second-order valence-electron chi connectivity index (χ2n) is 6.33. The van der Waals surface area contributed by atoms with E-state index >= 15 is 0 Å². The van der Waals surface area contributed by atoms with E-state index in [0.717, 1.165) is 12.0 Å². The fourth-order valence-corrected chi connectivity index (χ4v) is 7.33. The highest BCUT2D eigenvalue weighted by molar-refractivity contribution is 8.15. The van der Waals surface area contributed by atoms with Crippen LogP contribution in [0.5, 0.6) is 0 Å². The van der Waals surface area contributed by atoms with Gasteiger partial charge in [-0.25, -0.2) is 8.42 Å². The van der Waals surface area contributed by atoms with Crippen LogP contribution in [-0.4, -0.2) is 47.2 Å². The molecule has 0 spiro atoms. The maximum Gasteiger partial charge on any atom is 0.248 e. The second kappa shape index (κ2) is 6.88. The van der Waals surface area contributed by atoms with E-state index in [2.05, 4.69) is 4.99 Å². The van der Waals surface area contributed by atoms with E-state index in [1.54, 1.807) is 0 Å². The predicted octanol–water partition coefficient (Wildman–Crippen LogP) is 2.64. The molecule has 0 aliphatic carbocycles. The lowest BCUT2D eigenvalue weighted by atomic mass is 10.1. The Hall–Kier alpha value is -1.34. The van der Waals surface area contributed by atoms with Crippen LogP contribution >= 0.6 is 11.8 Å². The summed E-state index contributed by atoms with van der Waals surface area (Å²) in [6.07, 6.45) is 1.18. The van der Waals surface area contributed by atoms with Gasteiger partial charge in [0.15, 0.2) is 15.0 Å². The number of benzene rings is 1. The van der Waals surface area contributed by atoms with Gasteiger partial charge in [0, 0.05) is 11.7 Å². The largest absolute Gasteiger partial charge is 0.339 e. The molecule has 130 valence electrons. The van der Waals surface area contributed by atoms with Crippen molar-refractivity contribution >= 4 is 32.7 Å². The summed E-state index contributed by atoms with van der Waals surface area (Å²) in [6.45, 7) is 3.99. The summed E-state index contributed by atoms with van der Waals surface area (Å²) in [6, 6.07) is 9.82. The Kier molecular flexibility index (Phi) is 5.01. The van der Waals surface area contributed by atoms with Crippen LogP contribution in [0.4, 0.5) is 0 Å². The van der Waals surface area contributed by atoms with Gasteiger partial charge < -0.3 is 4.90 Å². The summed E-state index contributed by atoms with van der Waals surface area (Å²) < 4.78 is 24.1. The van der Waals surface area contributed by atoms with E-state index in [9.17, 15) is 13.2 Å². The second-order valence-corrected chi connectivity index (χ2v) is 9.69. The molecule has 5 nitrogen and oxygen atoms in total. The SMILES string of the molecule is CCCC(=O)N=C1S[C@@H]2CS(=O)(=O)C[C@@H]2N1[C@H](C)c1ccccc1. The van der Waals surface area contributed by atoms with Gasteiger partial charge in [-0.05, 0) is 18.9 Å². The first-order chi connectivity index (χ1) is 11.4. The molecule has 2 aliphatic rings. The lowest BCUT2D eigenvalue weighted by Gasteiger charge is -2.31. The predicted molar refractivity (Wildman–Crippen MR) is 97.9 cm³/mol. The average molecular weight is 367 g/mol. The van der Waals surface area contributed by atoms with Gasteiger partial charge in [-0.15, -0.1) is 0 Å². The third-order valence-corrected chi connectivity index (χ3v) is 7.71. The Balaban J connectivity index is 1.94. The highest BCUT2D eigenvalue weighted by Crippen LogP contribution is 2.42. The van der Waals surface area contributed by atoms with E-state index in [1.807, 2.05) is 49.1 Å². The summed E-state index contributed by atoms with van der Waals surface area (Å²) >= 11 is 1.44. The van der Waals surface area contributed by atoms with Crippen molar-refractivity contribution in [2.45, 2.75) is 44.0 Å². The normalized spacial score (nSPS) is 28.1. The zero-order valence-electron chi connectivity index (χ0n) is 13.9. The van der Waals surface area contributed by atoms with Crippen LogP contribution in [0.15, 0.2) is 35.3 Å². The fourth-order valence-electron chi connectivity index (χ4n) is 3.31. The van der Waals surface area contributed by atoms with Crippen molar-refractivity contribution in [3.8, 4) is 0 Å². The van der Waals surface area contributed by atoms with Gasteiger partial charge >= 0.3 is 0 Å². The summed E-state index contributed by atoms with van der Waals surface area (Å²) in [7, 11) is -3.02. The summed E-state index contributed by atoms with van der Waals surface area (Å²) in [5, 5.41) is 0.643. The molecule has 2 saturated heterocycles. The molecule has 1 aromatic rings. The molecule has 3 atom stereocenters. The third-order valence-electron chi connectivity index (χ3n) is 4.49. The van der Waals surface area contributed by atoms with Gasteiger partial charge in [0.2, 0.25) is 5.91 Å². The Morgan fingerprint density at radius 2 is 2.04 bits per heavy atom. The average Bonchev–Trinajstić information content (AvgIpc) is 2.98. The summed E-state index contributed by atoms with van der Waals surface area (Å²) in [5.74, 6) is 0.178. The van der Waals surface area contributed by atoms with E-state index in [0.29, 0.717) is 11.6 Å². The van der Waals surface area contributed by atoms with Crippen molar-refractivity contribution < 1.29 is 13.2 Å². The molecule has 0 N–H and O–H groups in total.